The van der Waals surface area contributed by atoms with Gasteiger partial charge in [0, 0.05) is 30.8 Å². The van der Waals surface area contributed by atoms with Gasteiger partial charge in [-0.25, -0.2) is 0 Å². The first-order valence-electron chi connectivity index (χ1n) is 11.0. The van der Waals surface area contributed by atoms with Gasteiger partial charge in [0.15, 0.2) is 0 Å². The van der Waals surface area contributed by atoms with Gasteiger partial charge in [-0.1, -0.05) is 72.3 Å². The minimum Gasteiger partial charge on any atom is -0.497 e. The number of ether oxygens (including phenoxy) is 1. The van der Waals surface area contributed by atoms with Crippen molar-refractivity contribution in [3.05, 3.63) is 101 Å². The van der Waals surface area contributed by atoms with Crippen molar-refractivity contribution in [3.63, 3.8) is 0 Å². The van der Waals surface area contributed by atoms with E-state index in [1.807, 2.05) is 72.8 Å². The van der Waals surface area contributed by atoms with Crippen LogP contribution < -0.4 is 10.1 Å². The summed E-state index contributed by atoms with van der Waals surface area (Å²) in [5.41, 5.74) is 2.89. The number of methoxy groups -OCH3 is 1. The number of thioether (sulfide) groups is 1. The minimum atomic E-state index is -0.655. The summed E-state index contributed by atoms with van der Waals surface area (Å²) in [7, 11) is 3.23. The molecule has 0 aliphatic carbocycles. The van der Waals surface area contributed by atoms with Gasteiger partial charge in [-0.05, 0) is 34.9 Å². The average molecular weight is 497 g/mol. The Kier molecular flexibility index (Phi) is 9.86. The molecule has 0 aromatic heterocycles. The quantitative estimate of drug-likeness (QED) is 0.407. The Morgan fingerprint density at radius 1 is 0.971 bits per heavy atom. The van der Waals surface area contributed by atoms with Crippen LogP contribution >= 0.6 is 23.4 Å². The molecule has 1 atom stereocenters. The lowest BCUT2D eigenvalue weighted by Gasteiger charge is -2.31. The Balaban J connectivity index is 1.79. The third kappa shape index (κ3) is 7.27. The number of halogens is 1. The number of nitrogens with one attached hydrogen (secondary N) is 1. The van der Waals surface area contributed by atoms with Crippen molar-refractivity contribution < 1.29 is 14.3 Å². The van der Waals surface area contributed by atoms with Crippen LogP contribution in [0.4, 0.5) is 0 Å². The van der Waals surface area contributed by atoms with E-state index in [-0.39, 0.29) is 24.1 Å². The van der Waals surface area contributed by atoms with Crippen LogP contribution in [0.5, 0.6) is 5.75 Å². The largest absolute Gasteiger partial charge is 0.497 e. The van der Waals surface area contributed by atoms with E-state index in [9.17, 15) is 9.59 Å². The number of likely N-dealkylation sites (N-methyl/N-ethyl adjacent to an activating group) is 1. The summed E-state index contributed by atoms with van der Waals surface area (Å²) in [5.74, 6) is 1.41. The van der Waals surface area contributed by atoms with E-state index in [1.165, 1.54) is 11.8 Å². The lowest BCUT2D eigenvalue weighted by molar-refractivity contribution is -0.139. The highest BCUT2D eigenvalue weighted by Gasteiger charge is 2.30. The van der Waals surface area contributed by atoms with E-state index < -0.39 is 6.04 Å². The molecule has 0 saturated heterocycles. The molecule has 3 aromatic carbocycles. The van der Waals surface area contributed by atoms with Gasteiger partial charge in [0.2, 0.25) is 11.8 Å². The van der Waals surface area contributed by atoms with Gasteiger partial charge in [-0.2, -0.15) is 0 Å². The highest BCUT2D eigenvalue weighted by Crippen LogP contribution is 2.22. The van der Waals surface area contributed by atoms with Gasteiger partial charge in [0.1, 0.15) is 11.8 Å². The van der Waals surface area contributed by atoms with Crippen LogP contribution in [0.1, 0.15) is 16.7 Å². The first-order chi connectivity index (χ1) is 16.5. The van der Waals surface area contributed by atoms with Crippen LogP contribution in [-0.2, 0) is 28.3 Å². The van der Waals surface area contributed by atoms with Crippen LogP contribution in [0, 0.1) is 0 Å². The molecule has 5 nitrogen and oxygen atoms in total. The van der Waals surface area contributed by atoms with Gasteiger partial charge >= 0.3 is 0 Å². The maximum absolute atomic E-state index is 13.5. The zero-order chi connectivity index (χ0) is 24.3. The summed E-state index contributed by atoms with van der Waals surface area (Å²) in [6, 6.07) is 24.3. The number of hydrogen-bond donors (Lipinski definition) is 1. The van der Waals surface area contributed by atoms with Crippen molar-refractivity contribution in [2.45, 2.75) is 24.8 Å². The third-order valence-electron chi connectivity index (χ3n) is 5.47. The minimum absolute atomic E-state index is 0.108. The molecule has 7 heteroatoms. The summed E-state index contributed by atoms with van der Waals surface area (Å²) in [6.07, 6.45) is 0.417. The molecule has 3 aromatic rings. The number of hydrogen-bond acceptors (Lipinski definition) is 4. The summed E-state index contributed by atoms with van der Waals surface area (Å²) in [6.45, 7) is 0.256. The Labute approximate surface area is 210 Å². The van der Waals surface area contributed by atoms with Crippen LogP contribution in [-0.4, -0.2) is 42.7 Å². The lowest BCUT2D eigenvalue weighted by atomic mass is 10.0. The van der Waals surface area contributed by atoms with E-state index >= 15 is 0 Å². The molecule has 0 fully saturated rings. The number of carbonyl (C=O) groups is 2. The second-order valence-corrected chi connectivity index (χ2v) is 9.17. The Morgan fingerprint density at radius 3 is 2.29 bits per heavy atom. The fourth-order valence-corrected chi connectivity index (χ4v) is 4.66. The van der Waals surface area contributed by atoms with Crippen molar-refractivity contribution in [1.29, 1.82) is 0 Å². The lowest BCUT2D eigenvalue weighted by Crippen LogP contribution is -2.50. The predicted molar refractivity (Wildman–Crippen MR) is 139 cm³/mol. The molecule has 0 heterocycles. The topological polar surface area (TPSA) is 58.6 Å². The zero-order valence-electron chi connectivity index (χ0n) is 19.4. The maximum atomic E-state index is 13.5. The van der Waals surface area contributed by atoms with Crippen molar-refractivity contribution in [2.24, 2.45) is 0 Å². The molecule has 1 N–H and O–H groups in total. The van der Waals surface area contributed by atoms with Crippen molar-refractivity contribution >= 4 is 35.2 Å². The monoisotopic (exact) mass is 496 g/mol. The van der Waals surface area contributed by atoms with E-state index in [4.69, 9.17) is 16.3 Å². The smallest absolute Gasteiger partial charge is 0.242 e. The molecule has 0 aliphatic rings. The molecule has 178 valence electrons. The first-order valence-corrected chi connectivity index (χ1v) is 12.5. The number of benzene rings is 3. The maximum Gasteiger partial charge on any atom is 0.242 e. The molecule has 0 unspecified atom stereocenters. The van der Waals surface area contributed by atoms with Gasteiger partial charge in [0.25, 0.3) is 0 Å². The molecule has 0 aliphatic heterocycles. The molecular formula is C27H29ClN2O3S. The summed E-state index contributed by atoms with van der Waals surface area (Å²) in [4.78, 5) is 28.0. The third-order valence-corrected chi connectivity index (χ3v) is 6.83. The fourth-order valence-electron chi connectivity index (χ4n) is 3.59. The normalized spacial score (nSPS) is 11.5. The zero-order valence-corrected chi connectivity index (χ0v) is 20.9. The van der Waals surface area contributed by atoms with Crippen molar-refractivity contribution in [1.82, 2.24) is 10.2 Å². The molecule has 0 radical (unpaired) electrons. The first kappa shape index (κ1) is 25.7. The fraction of sp³-hybridized carbons (Fsp3) is 0.259. The van der Waals surface area contributed by atoms with Crippen LogP contribution in [0.25, 0.3) is 0 Å². The standard InChI is InChI=1S/C27H29ClN2O3S/c1-29-27(32)25(16-20-8-4-3-5-9-20)30(17-22-10-6-7-11-24(22)28)26(31)19-34-18-21-12-14-23(33-2)15-13-21/h3-15,25H,16-19H2,1-2H3,(H,29,32)/t25-/m0/s1. The summed E-state index contributed by atoms with van der Waals surface area (Å²) < 4.78 is 5.20. The Hall–Kier alpha value is -2.96. The van der Waals surface area contributed by atoms with E-state index in [0.717, 1.165) is 22.4 Å². The Morgan fingerprint density at radius 2 is 1.65 bits per heavy atom. The van der Waals surface area contributed by atoms with Crippen LogP contribution in [0.3, 0.4) is 0 Å². The van der Waals surface area contributed by atoms with E-state index in [2.05, 4.69) is 5.32 Å². The second kappa shape index (κ2) is 13.1. The number of carbonyl (C=O) groups excluding carboxylic acids is 2. The summed E-state index contributed by atoms with van der Waals surface area (Å²) in [5, 5.41) is 3.30. The van der Waals surface area contributed by atoms with Crippen molar-refractivity contribution in [3.8, 4) is 5.75 Å². The Bertz CT molecular complexity index is 1080. The van der Waals surface area contributed by atoms with Gasteiger partial charge in [-0.15, -0.1) is 11.8 Å². The van der Waals surface area contributed by atoms with E-state index in [0.29, 0.717) is 17.2 Å². The molecule has 0 spiro atoms. The predicted octanol–water partition coefficient (Wildman–Crippen LogP) is 4.97. The van der Waals surface area contributed by atoms with Gasteiger partial charge in [0.05, 0.1) is 12.9 Å². The second-order valence-electron chi connectivity index (χ2n) is 7.77. The van der Waals surface area contributed by atoms with Crippen LogP contribution in [0.2, 0.25) is 5.02 Å². The van der Waals surface area contributed by atoms with Gasteiger partial charge in [-0.3, -0.25) is 9.59 Å². The number of rotatable bonds is 11. The van der Waals surface area contributed by atoms with Crippen LogP contribution in [0.15, 0.2) is 78.9 Å². The molecule has 34 heavy (non-hydrogen) atoms. The molecule has 0 saturated carbocycles. The van der Waals surface area contributed by atoms with E-state index in [1.54, 1.807) is 25.1 Å². The number of amides is 2. The summed E-state index contributed by atoms with van der Waals surface area (Å²) >= 11 is 7.92. The SMILES string of the molecule is CNC(=O)[C@H](Cc1ccccc1)N(Cc1ccccc1Cl)C(=O)CSCc1ccc(OC)cc1. The number of nitrogens with zero attached hydrogens (tertiary/aromatic N) is 1. The molecule has 3 rings (SSSR count). The van der Waals surface area contributed by atoms with Gasteiger partial charge < -0.3 is 15.0 Å². The highest BCUT2D eigenvalue weighted by atomic mass is 35.5. The highest BCUT2D eigenvalue weighted by molar-refractivity contribution is 7.99. The molecule has 2 amide bonds. The molecule has 0 bridgehead atoms. The van der Waals surface area contributed by atoms with Crippen molar-refractivity contribution in [2.75, 3.05) is 19.9 Å². The molecular weight excluding hydrogens is 468 g/mol. The average Bonchev–Trinajstić information content (AvgIpc) is 2.87.